The second-order valence-corrected chi connectivity index (χ2v) is 11.8. The van der Waals surface area contributed by atoms with Crippen molar-refractivity contribution in [3.63, 3.8) is 0 Å². The van der Waals surface area contributed by atoms with Crippen LogP contribution < -0.4 is 14.8 Å². The summed E-state index contributed by atoms with van der Waals surface area (Å²) in [6.45, 7) is 1.81. The van der Waals surface area contributed by atoms with Gasteiger partial charge in [0.25, 0.3) is 0 Å². The number of nitrogens with one attached hydrogen (secondary N) is 1. The molecule has 1 atom stereocenters. The number of hydrogen-bond donors (Lipinski definition) is 1. The number of thiazole rings is 1. The third-order valence-electron chi connectivity index (χ3n) is 6.83. The predicted molar refractivity (Wildman–Crippen MR) is 173 cm³/mol. The molecule has 10 heteroatoms. The van der Waals surface area contributed by atoms with E-state index in [-0.39, 0.29) is 5.91 Å². The van der Waals surface area contributed by atoms with Gasteiger partial charge in [-0.05, 0) is 72.3 Å². The number of ether oxygens (including phenoxy) is 2. The molecule has 6 aromatic rings. The zero-order valence-corrected chi connectivity index (χ0v) is 25.3. The van der Waals surface area contributed by atoms with Crippen LogP contribution in [0.2, 0.25) is 0 Å². The van der Waals surface area contributed by atoms with Crippen LogP contribution in [0.1, 0.15) is 6.92 Å². The lowest BCUT2D eigenvalue weighted by Gasteiger charge is -2.13. The van der Waals surface area contributed by atoms with Crippen LogP contribution in [0.4, 0.5) is 5.13 Å². The van der Waals surface area contributed by atoms with Gasteiger partial charge in [-0.2, -0.15) is 0 Å². The van der Waals surface area contributed by atoms with Crippen molar-refractivity contribution in [2.24, 2.45) is 0 Å². The van der Waals surface area contributed by atoms with Crippen LogP contribution in [-0.4, -0.2) is 45.5 Å². The zero-order valence-electron chi connectivity index (χ0n) is 23.6. The standard InChI is InChI=1S/C33H27N5O3S2/c1-20(31(39)36-32-34-28(19-42-32)25-9-8-21-6-4-5-7-24(21)18-25)43-33-35-29(22-10-14-26(40-2)15-11-22)30(37-38-33)23-12-16-27(41-3)17-13-23/h4-20H,1-3H3,(H,34,36,39). The van der Waals surface area contributed by atoms with Gasteiger partial charge in [0.15, 0.2) is 5.13 Å². The van der Waals surface area contributed by atoms with Gasteiger partial charge in [-0.1, -0.05) is 48.2 Å². The summed E-state index contributed by atoms with van der Waals surface area (Å²) in [5, 5.41) is 16.5. The number of anilines is 1. The number of fused-ring (bicyclic) bond motifs is 1. The molecule has 0 aliphatic carbocycles. The topological polar surface area (TPSA) is 99.1 Å². The Balaban J connectivity index is 1.20. The summed E-state index contributed by atoms with van der Waals surface area (Å²) in [5.41, 5.74) is 4.79. The molecule has 0 radical (unpaired) electrons. The number of thioether (sulfide) groups is 1. The van der Waals surface area contributed by atoms with E-state index in [1.54, 1.807) is 14.2 Å². The van der Waals surface area contributed by atoms with Crippen LogP contribution >= 0.6 is 23.1 Å². The lowest BCUT2D eigenvalue weighted by Crippen LogP contribution is -2.22. The maximum Gasteiger partial charge on any atom is 0.239 e. The molecule has 6 rings (SSSR count). The molecule has 8 nitrogen and oxygen atoms in total. The second kappa shape index (κ2) is 12.6. The first-order valence-electron chi connectivity index (χ1n) is 13.5. The number of rotatable bonds is 9. The molecule has 0 spiro atoms. The zero-order chi connectivity index (χ0) is 29.8. The smallest absolute Gasteiger partial charge is 0.239 e. The molecule has 0 saturated heterocycles. The van der Waals surface area contributed by atoms with Crippen molar-refractivity contribution in [2.45, 2.75) is 17.3 Å². The highest BCUT2D eigenvalue weighted by atomic mass is 32.2. The Hall–Kier alpha value is -4.80. The van der Waals surface area contributed by atoms with Crippen LogP contribution in [0, 0.1) is 0 Å². The molecule has 0 aliphatic rings. The Morgan fingerprint density at radius 3 is 2.07 bits per heavy atom. The molecular weight excluding hydrogens is 579 g/mol. The number of aromatic nitrogens is 4. The fraction of sp³-hybridized carbons (Fsp3) is 0.121. The minimum atomic E-state index is -0.495. The number of methoxy groups -OCH3 is 2. The molecule has 2 aromatic heterocycles. The van der Waals surface area contributed by atoms with Gasteiger partial charge in [-0.15, -0.1) is 21.5 Å². The van der Waals surface area contributed by atoms with Crippen molar-refractivity contribution in [1.29, 1.82) is 0 Å². The largest absolute Gasteiger partial charge is 0.497 e. The average molecular weight is 606 g/mol. The van der Waals surface area contributed by atoms with Gasteiger partial charge in [-0.3, -0.25) is 4.79 Å². The summed E-state index contributed by atoms with van der Waals surface area (Å²) in [6, 6.07) is 29.6. The van der Waals surface area contributed by atoms with Crippen LogP contribution in [0.3, 0.4) is 0 Å². The van der Waals surface area contributed by atoms with Crippen molar-refractivity contribution in [3.8, 4) is 45.3 Å². The third kappa shape index (κ3) is 6.35. The van der Waals surface area contributed by atoms with Gasteiger partial charge in [0.2, 0.25) is 11.1 Å². The predicted octanol–water partition coefficient (Wildman–Crippen LogP) is 7.62. The fourth-order valence-electron chi connectivity index (χ4n) is 4.49. The molecule has 2 heterocycles. The normalized spacial score (nSPS) is 11.7. The van der Waals surface area contributed by atoms with Crippen molar-refractivity contribution in [3.05, 3.63) is 96.4 Å². The molecule has 0 aliphatic heterocycles. The van der Waals surface area contributed by atoms with Gasteiger partial charge in [0.1, 0.15) is 22.9 Å². The van der Waals surface area contributed by atoms with E-state index in [0.717, 1.165) is 39.3 Å². The first-order valence-corrected chi connectivity index (χ1v) is 15.2. The van der Waals surface area contributed by atoms with Gasteiger partial charge in [0.05, 0.1) is 25.2 Å². The summed E-state index contributed by atoms with van der Waals surface area (Å²) in [5.74, 6) is 1.29. The van der Waals surface area contributed by atoms with Gasteiger partial charge in [0, 0.05) is 22.1 Å². The van der Waals surface area contributed by atoms with E-state index < -0.39 is 5.25 Å². The van der Waals surface area contributed by atoms with Crippen molar-refractivity contribution in [2.75, 3.05) is 19.5 Å². The molecule has 1 N–H and O–H groups in total. The summed E-state index contributed by atoms with van der Waals surface area (Å²) < 4.78 is 10.6. The lowest BCUT2D eigenvalue weighted by molar-refractivity contribution is -0.115. The highest BCUT2D eigenvalue weighted by Crippen LogP contribution is 2.33. The van der Waals surface area contributed by atoms with E-state index in [2.05, 4.69) is 44.8 Å². The molecule has 1 unspecified atom stereocenters. The summed E-state index contributed by atoms with van der Waals surface area (Å²) in [4.78, 5) is 22.6. The monoisotopic (exact) mass is 605 g/mol. The number of carbonyl (C=O) groups excluding carboxylic acids is 1. The number of carbonyl (C=O) groups is 1. The van der Waals surface area contributed by atoms with E-state index in [9.17, 15) is 4.79 Å². The van der Waals surface area contributed by atoms with Crippen molar-refractivity contribution >= 4 is 44.9 Å². The van der Waals surface area contributed by atoms with E-state index >= 15 is 0 Å². The Morgan fingerprint density at radius 2 is 1.40 bits per heavy atom. The maximum atomic E-state index is 13.1. The molecule has 0 fully saturated rings. The summed E-state index contributed by atoms with van der Waals surface area (Å²) in [6.07, 6.45) is 0. The minimum absolute atomic E-state index is 0.196. The Kier molecular flexibility index (Phi) is 8.30. The quantitative estimate of drug-likeness (QED) is 0.168. The molecular formula is C33H27N5O3S2. The first kappa shape index (κ1) is 28.3. The Bertz CT molecular complexity index is 1890. The highest BCUT2D eigenvalue weighted by Gasteiger charge is 2.21. The first-order chi connectivity index (χ1) is 21.0. The van der Waals surface area contributed by atoms with Crippen LogP contribution in [-0.2, 0) is 4.79 Å². The number of amides is 1. The van der Waals surface area contributed by atoms with Gasteiger partial charge in [-0.25, -0.2) is 9.97 Å². The average Bonchev–Trinajstić information content (AvgIpc) is 3.53. The Morgan fingerprint density at radius 1 is 0.767 bits per heavy atom. The van der Waals surface area contributed by atoms with Crippen LogP contribution in [0.5, 0.6) is 11.5 Å². The van der Waals surface area contributed by atoms with Crippen LogP contribution in [0.15, 0.2) is 102 Å². The second-order valence-electron chi connectivity index (χ2n) is 9.60. The summed E-state index contributed by atoms with van der Waals surface area (Å²) in [7, 11) is 3.25. The molecule has 214 valence electrons. The highest BCUT2D eigenvalue weighted by molar-refractivity contribution is 8.00. The minimum Gasteiger partial charge on any atom is -0.497 e. The number of benzene rings is 4. The molecule has 43 heavy (non-hydrogen) atoms. The SMILES string of the molecule is COc1ccc(-c2nnc(SC(C)C(=O)Nc3nc(-c4ccc5ccccc5c4)cs3)nc2-c2ccc(OC)cc2)cc1. The molecule has 0 bridgehead atoms. The van der Waals surface area contributed by atoms with E-state index in [1.165, 1.54) is 28.5 Å². The molecule has 4 aromatic carbocycles. The van der Waals surface area contributed by atoms with E-state index in [0.29, 0.717) is 21.7 Å². The third-order valence-corrected chi connectivity index (χ3v) is 8.53. The van der Waals surface area contributed by atoms with Crippen molar-refractivity contribution < 1.29 is 14.3 Å². The molecule has 0 saturated carbocycles. The fourth-order valence-corrected chi connectivity index (χ4v) is 5.92. The number of nitrogens with zero attached hydrogens (tertiary/aromatic N) is 4. The van der Waals surface area contributed by atoms with Crippen LogP contribution in [0.25, 0.3) is 44.5 Å². The van der Waals surface area contributed by atoms with Gasteiger partial charge >= 0.3 is 0 Å². The maximum absolute atomic E-state index is 13.1. The van der Waals surface area contributed by atoms with E-state index in [1.807, 2.05) is 79.0 Å². The molecule has 1 amide bonds. The van der Waals surface area contributed by atoms with E-state index in [4.69, 9.17) is 14.5 Å². The lowest BCUT2D eigenvalue weighted by atomic mass is 10.0. The van der Waals surface area contributed by atoms with Gasteiger partial charge < -0.3 is 14.8 Å². The summed E-state index contributed by atoms with van der Waals surface area (Å²) >= 11 is 2.63. The number of hydrogen-bond acceptors (Lipinski definition) is 9. The van der Waals surface area contributed by atoms with Crippen molar-refractivity contribution in [1.82, 2.24) is 20.2 Å². The Labute approximate surface area is 257 Å².